The molecule has 1 amide bonds. The molecular weight excluding hydrogens is 446 g/mol. The number of anilines is 2. The highest BCUT2D eigenvalue weighted by molar-refractivity contribution is 7.99. The van der Waals surface area contributed by atoms with Gasteiger partial charge >= 0.3 is 0 Å². The van der Waals surface area contributed by atoms with Crippen molar-refractivity contribution in [2.24, 2.45) is 0 Å². The summed E-state index contributed by atoms with van der Waals surface area (Å²) >= 11 is 1.38. The number of ether oxygens (including phenoxy) is 1. The molecule has 1 aromatic heterocycles. The fourth-order valence-corrected chi connectivity index (χ4v) is 4.43. The van der Waals surface area contributed by atoms with E-state index >= 15 is 0 Å². The maximum Gasteiger partial charge on any atom is 0.237 e. The van der Waals surface area contributed by atoms with Crippen molar-refractivity contribution in [1.29, 1.82) is 0 Å². The van der Waals surface area contributed by atoms with Gasteiger partial charge in [-0.25, -0.2) is 0 Å². The first-order chi connectivity index (χ1) is 16.6. The van der Waals surface area contributed by atoms with Gasteiger partial charge in [0.05, 0.1) is 30.8 Å². The molecule has 7 nitrogen and oxygen atoms in total. The van der Waals surface area contributed by atoms with Crippen molar-refractivity contribution in [3.8, 4) is 11.4 Å². The van der Waals surface area contributed by atoms with Gasteiger partial charge in [-0.05, 0) is 42.8 Å². The van der Waals surface area contributed by atoms with Gasteiger partial charge in [-0.3, -0.25) is 9.36 Å². The van der Waals surface area contributed by atoms with Gasteiger partial charge in [-0.2, -0.15) is 0 Å². The summed E-state index contributed by atoms with van der Waals surface area (Å²) in [6.07, 6.45) is 0. The summed E-state index contributed by atoms with van der Waals surface area (Å²) in [4.78, 5) is 14.5. The third kappa shape index (κ3) is 5.23. The van der Waals surface area contributed by atoms with E-state index in [1.165, 1.54) is 11.8 Å². The summed E-state index contributed by atoms with van der Waals surface area (Å²) in [7, 11) is 3.43. The van der Waals surface area contributed by atoms with Crippen molar-refractivity contribution in [2.75, 3.05) is 30.1 Å². The second-order valence-electron chi connectivity index (χ2n) is 7.65. The maximum absolute atomic E-state index is 12.8. The molecule has 34 heavy (non-hydrogen) atoms. The number of methoxy groups -OCH3 is 1. The number of rotatable bonds is 9. The van der Waals surface area contributed by atoms with Crippen LogP contribution < -0.4 is 15.0 Å². The first-order valence-corrected chi connectivity index (χ1v) is 11.9. The minimum atomic E-state index is -0.00997. The fourth-order valence-electron chi connectivity index (χ4n) is 3.55. The van der Waals surface area contributed by atoms with E-state index in [1.54, 1.807) is 19.1 Å². The molecule has 3 aromatic carbocycles. The van der Waals surface area contributed by atoms with E-state index in [9.17, 15) is 4.79 Å². The average Bonchev–Trinajstić information content (AvgIpc) is 3.29. The zero-order chi connectivity index (χ0) is 23.9. The summed E-state index contributed by atoms with van der Waals surface area (Å²) in [6, 6.07) is 25.4. The van der Waals surface area contributed by atoms with Crippen LogP contribution in [0.1, 0.15) is 11.4 Å². The lowest BCUT2D eigenvalue weighted by Gasteiger charge is -2.17. The molecule has 0 aliphatic heterocycles. The number of benzene rings is 3. The molecule has 0 spiro atoms. The molecular formula is C26H27N5O2S. The van der Waals surface area contributed by atoms with Crippen LogP contribution in [0.3, 0.4) is 0 Å². The van der Waals surface area contributed by atoms with Crippen LogP contribution in [0.5, 0.6) is 5.75 Å². The standard InChI is InChI=1S/C26H27N5O2S/c1-19-11-7-9-15-22(19)31-24(17-27-21-14-8-10-16-23(21)33-3)28-29-26(31)34-18-25(32)30(2)20-12-5-4-6-13-20/h4-16,27H,17-18H2,1-3H3. The summed E-state index contributed by atoms with van der Waals surface area (Å²) in [5.74, 6) is 1.74. The van der Waals surface area contributed by atoms with E-state index in [0.29, 0.717) is 11.7 Å². The number of nitrogens with one attached hydrogen (secondary N) is 1. The lowest BCUT2D eigenvalue weighted by molar-refractivity contribution is -0.115. The molecule has 8 heteroatoms. The SMILES string of the molecule is COc1ccccc1NCc1nnc(SCC(=O)N(C)c2ccccc2)n1-c1ccccc1C. The van der Waals surface area contributed by atoms with Crippen LogP contribution in [0.4, 0.5) is 11.4 Å². The normalized spacial score (nSPS) is 10.7. The summed E-state index contributed by atoms with van der Waals surface area (Å²) in [5, 5.41) is 12.9. The van der Waals surface area contributed by atoms with Gasteiger partial charge in [0.15, 0.2) is 11.0 Å². The molecule has 4 aromatic rings. The zero-order valence-electron chi connectivity index (χ0n) is 19.4. The van der Waals surface area contributed by atoms with Crippen LogP contribution in [0, 0.1) is 6.92 Å². The minimum absolute atomic E-state index is 0.00997. The molecule has 1 heterocycles. The molecule has 0 fully saturated rings. The fraction of sp³-hybridized carbons (Fsp3) is 0.192. The first kappa shape index (κ1) is 23.4. The maximum atomic E-state index is 12.8. The van der Waals surface area contributed by atoms with Gasteiger partial charge < -0.3 is 15.0 Å². The van der Waals surface area contributed by atoms with Gasteiger partial charge in [0.1, 0.15) is 5.75 Å². The molecule has 4 rings (SSSR count). The topological polar surface area (TPSA) is 72.3 Å². The van der Waals surface area contributed by atoms with E-state index in [-0.39, 0.29) is 11.7 Å². The molecule has 0 aliphatic carbocycles. The summed E-state index contributed by atoms with van der Waals surface area (Å²) in [6.45, 7) is 2.50. The third-order valence-electron chi connectivity index (χ3n) is 5.44. The number of aromatic nitrogens is 3. The van der Waals surface area contributed by atoms with E-state index in [0.717, 1.165) is 34.2 Å². The molecule has 0 saturated heterocycles. The Kier molecular flexibility index (Phi) is 7.49. The lowest BCUT2D eigenvalue weighted by Crippen LogP contribution is -2.28. The van der Waals surface area contributed by atoms with Gasteiger partial charge in [-0.15, -0.1) is 10.2 Å². The Hall–Kier alpha value is -3.78. The second kappa shape index (κ2) is 10.9. The van der Waals surface area contributed by atoms with E-state index in [4.69, 9.17) is 4.74 Å². The minimum Gasteiger partial charge on any atom is -0.495 e. The van der Waals surface area contributed by atoms with Crippen LogP contribution in [0.2, 0.25) is 0 Å². The molecule has 0 bridgehead atoms. The number of nitrogens with zero attached hydrogens (tertiary/aromatic N) is 4. The van der Waals surface area contributed by atoms with E-state index in [1.807, 2.05) is 77.4 Å². The van der Waals surface area contributed by atoms with E-state index < -0.39 is 0 Å². The molecule has 174 valence electrons. The zero-order valence-corrected chi connectivity index (χ0v) is 20.2. The third-order valence-corrected chi connectivity index (χ3v) is 6.36. The Bertz CT molecular complexity index is 1260. The predicted octanol–water partition coefficient (Wildman–Crippen LogP) is 4.95. The number of hydrogen-bond donors (Lipinski definition) is 1. The number of carbonyl (C=O) groups is 1. The first-order valence-electron chi connectivity index (χ1n) is 10.9. The number of hydrogen-bond acceptors (Lipinski definition) is 6. The number of thioether (sulfide) groups is 1. The highest BCUT2D eigenvalue weighted by Crippen LogP contribution is 2.27. The number of amides is 1. The second-order valence-corrected chi connectivity index (χ2v) is 8.59. The summed E-state index contributed by atoms with van der Waals surface area (Å²) < 4.78 is 7.46. The van der Waals surface area contributed by atoms with Gasteiger partial charge in [-0.1, -0.05) is 60.3 Å². The quantitative estimate of drug-likeness (QED) is 0.347. The Morgan fingerprint density at radius 2 is 1.71 bits per heavy atom. The van der Waals surface area contributed by atoms with Crippen molar-refractivity contribution in [1.82, 2.24) is 14.8 Å². The number of para-hydroxylation sites is 4. The number of carbonyl (C=O) groups excluding carboxylic acids is 1. The number of aryl methyl sites for hydroxylation is 1. The largest absolute Gasteiger partial charge is 0.495 e. The monoisotopic (exact) mass is 473 g/mol. The molecule has 0 radical (unpaired) electrons. The van der Waals surface area contributed by atoms with Crippen LogP contribution in [0.25, 0.3) is 5.69 Å². The lowest BCUT2D eigenvalue weighted by atomic mass is 10.2. The molecule has 0 saturated carbocycles. The Morgan fingerprint density at radius 1 is 1.00 bits per heavy atom. The highest BCUT2D eigenvalue weighted by atomic mass is 32.2. The van der Waals surface area contributed by atoms with Gasteiger partial charge in [0.25, 0.3) is 0 Å². The van der Waals surface area contributed by atoms with Crippen LogP contribution in [-0.2, 0) is 11.3 Å². The molecule has 0 aliphatic rings. The molecule has 0 unspecified atom stereocenters. The molecule has 0 atom stereocenters. The van der Waals surface area contributed by atoms with Crippen LogP contribution in [0.15, 0.2) is 84.0 Å². The van der Waals surface area contributed by atoms with Crippen molar-refractivity contribution in [2.45, 2.75) is 18.6 Å². The Balaban J connectivity index is 1.57. The Morgan fingerprint density at radius 3 is 2.47 bits per heavy atom. The van der Waals surface area contributed by atoms with Crippen molar-refractivity contribution in [3.05, 3.63) is 90.3 Å². The van der Waals surface area contributed by atoms with Crippen molar-refractivity contribution < 1.29 is 9.53 Å². The smallest absolute Gasteiger partial charge is 0.237 e. The summed E-state index contributed by atoms with van der Waals surface area (Å²) in [5.41, 5.74) is 3.81. The van der Waals surface area contributed by atoms with Crippen LogP contribution in [-0.4, -0.2) is 40.6 Å². The predicted molar refractivity (Wildman–Crippen MR) is 137 cm³/mol. The Labute approximate surface area is 203 Å². The van der Waals surface area contributed by atoms with Gasteiger partial charge in [0.2, 0.25) is 5.91 Å². The van der Waals surface area contributed by atoms with Crippen LogP contribution >= 0.6 is 11.8 Å². The molecule has 1 N–H and O–H groups in total. The van der Waals surface area contributed by atoms with E-state index in [2.05, 4.69) is 28.5 Å². The highest BCUT2D eigenvalue weighted by Gasteiger charge is 2.19. The van der Waals surface area contributed by atoms with Crippen molar-refractivity contribution >= 4 is 29.0 Å². The van der Waals surface area contributed by atoms with Crippen molar-refractivity contribution in [3.63, 3.8) is 0 Å². The van der Waals surface area contributed by atoms with Gasteiger partial charge in [0, 0.05) is 12.7 Å². The average molecular weight is 474 g/mol.